The van der Waals surface area contributed by atoms with Crippen molar-refractivity contribution in [1.29, 1.82) is 0 Å². The Kier molecular flexibility index (Phi) is 7.63. The van der Waals surface area contributed by atoms with E-state index in [1.807, 2.05) is 132 Å². The minimum absolute atomic E-state index is 0.101. The summed E-state index contributed by atoms with van der Waals surface area (Å²) < 4.78 is 97.8. The van der Waals surface area contributed by atoms with Gasteiger partial charge in [-0.3, -0.25) is 0 Å². The summed E-state index contributed by atoms with van der Waals surface area (Å²) >= 11 is 0. The molecule has 2 nitrogen and oxygen atoms in total. The van der Waals surface area contributed by atoms with Crippen molar-refractivity contribution >= 4 is 72.4 Å². The fourth-order valence-corrected chi connectivity index (χ4v) is 15.6. The molecule has 0 atom stereocenters. The molecule has 0 aliphatic carbocycles. The van der Waals surface area contributed by atoms with Gasteiger partial charge in [-0.15, -0.1) is 0 Å². The van der Waals surface area contributed by atoms with Gasteiger partial charge in [0, 0.05) is 38.4 Å². The van der Waals surface area contributed by atoms with Gasteiger partial charge in [0.05, 0.1) is 41.5 Å². The second kappa shape index (κ2) is 16.8. The highest BCUT2D eigenvalue weighted by molar-refractivity contribution is 7.20. The highest BCUT2D eigenvalue weighted by atomic mass is 28.3. The van der Waals surface area contributed by atoms with Gasteiger partial charge in [0.25, 0.3) is 0 Å². The van der Waals surface area contributed by atoms with E-state index in [2.05, 4.69) is 95.6 Å². The van der Waals surface area contributed by atoms with Gasteiger partial charge in [0.15, 0.2) is 8.07 Å². The normalized spacial score (nSPS) is 13.8. The molecule has 0 bridgehead atoms. The van der Waals surface area contributed by atoms with Crippen LogP contribution in [0.5, 0.6) is 0 Å². The number of benzene rings is 11. The maximum atomic E-state index is 9.79. The van der Waals surface area contributed by atoms with Crippen molar-refractivity contribution in [2.75, 3.05) is 0 Å². The zero-order valence-electron chi connectivity index (χ0n) is 47.2. The maximum absolute atomic E-state index is 9.79. The lowest BCUT2D eigenvalue weighted by Gasteiger charge is -2.36. The quantitative estimate of drug-likeness (QED) is 0.101. The van der Waals surface area contributed by atoms with Crippen LogP contribution < -0.4 is 20.7 Å². The van der Waals surface area contributed by atoms with Crippen LogP contribution in [-0.4, -0.2) is 17.2 Å². The first-order valence-corrected chi connectivity index (χ1v) is 25.0. The van der Waals surface area contributed by atoms with E-state index < -0.39 is 68.5 Å². The van der Waals surface area contributed by atoms with Gasteiger partial charge in [-0.25, -0.2) is 0 Å². The number of hydrogen-bond donors (Lipinski definition) is 0. The Bertz CT molecular complexity index is 4360. The molecule has 0 aliphatic heterocycles. The van der Waals surface area contributed by atoms with Crippen LogP contribution in [0.25, 0.3) is 88.4 Å². The molecule has 0 amide bonds. The van der Waals surface area contributed by atoms with Crippen LogP contribution in [0, 0.1) is 0 Å². The molecule has 0 spiro atoms. The van der Waals surface area contributed by atoms with Crippen molar-refractivity contribution in [3.8, 4) is 44.8 Å². The fourth-order valence-electron chi connectivity index (χ4n) is 10.8. The Balaban J connectivity index is 1.23. The molecule has 0 saturated heterocycles. The number of hydrogen-bond acceptors (Lipinski definition) is 0. The van der Waals surface area contributed by atoms with Gasteiger partial charge in [-0.1, -0.05) is 236 Å². The van der Waals surface area contributed by atoms with Crippen LogP contribution in [0.1, 0.15) is 13.7 Å². The average molecular weight is 905 g/mol. The predicted molar refractivity (Wildman–Crippen MR) is 295 cm³/mol. The molecule has 2 heterocycles. The third-order valence-corrected chi connectivity index (χ3v) is 18.4. The zero-order chi connectivity index (χ0) is 54.4. The first-order chi connectivity index (χ1) is 38.4. The number of rotatable bonds is 9. The number of aromatic nitrogens is 2. The SMILES string of the molecule is [2H]c1c([2H])c([2H])c(-c2cc([Si](c3ccccc3)(c3ccccc3)c3ccccc3)cc(-c3c([2H])c([2H])c([2H])c([2H])c3[2H])c2-n2c3ccccc3c3c(-c4ccc5c(c4)c4ccccc4n5-c4ccccc4)cccc32)c([2H])c1[2H]. The van der Waals surface area contributed by atoms with Crippen molar-refractivity contribution in [3.05, 3.63) is 279 Å². The molecular weight excluding hydrogens is 849 g/mol. The van der Waals surface area contributed by atoms with E-state index in [1.54, 1.807) is 0 Å². The van der Waals surface area contributed by atoms with Gasteiger partial charge in [-0.05, 0) is 85.5 Å². The van der Waals surface area contributed by atoms with Gasteiger partial charge < -0.3 is 9.13 Å². The minimum atomic E-state index is -3.62. The Morgan fingerprint density at radius 1 is 0.304 bits per heavy atom. The molecular formula is C66H46N2Si. The Morgan fingerprint density at radius 3 is 1.33 bits per heavy atom. The number of para-hydroxylation sites is 3. The van der Waals surface area contributed by atoms with E-state index in [4.69, 9.17) is 2.74 Å². The molecule has 0 radical (unpaired) electrons. The molecule has 324 valence electrons. The predicted octanol–water partition coefficient (Wildman–Crippen LogP) is 14.3. The Hall–Kier alpha value is -8.76. The van der Waals surface area contributed by atoms with E-state index in [9.17, 15) is 11.0 Å². The topological polar surface area (TPSA) is 9.86 Å². The largest absolute Gasteiger partial charge is 0.309 e. The molecule has 0 aliphatic rings. The van der Waals surface area contributed by atoms with E-state index in [1.165, 1.54) is 0 Å². The molecule has 2 aromatic heterocycles. The molecule has 0 N–H and O–H groups in total. The van der Waals surface area contributed by atoms with E-state index >= 15 is 0 Å². The summed E-state index contributed by atoms with van der Waals surface area (Å²) in [5, 5.41) is 7.42. The molecule has 0 fully saturated rings. The molecule has 13 aromatic rings. The standard InChI is InChI=1S/C66H46N2Si/c1-7-24-47(25-8-1)58-45-54(69(51-30-13-4-14-31-51,52-32-15-5-16-33-52)53-34-17-6-18-35-53)46-59(48-26-9-2-10-27-48)66(58)68-62-40-22-20-37-57(62)65-55(38-23-41-64(65)68)49-42-43-63-60(44-49)56-36-19-21-39-61(56)67(63)50-28-11-3-12-29-50/h1-46H/i1D,2D,7D,8D,9D,10D,24D,25D,26D,27D. The highest BCUT2D eigenvalue weighted by Gasteiger charge is 2.42. The van der Waals surface area contributed by atoms with Crippen LogP contribution in [0.4, 0.5) is 0 Å². The summed E-state index contributed by atoms with van der Waals surface area (Å²) in [5.74, 6) is 0. The van der Waals surface area contributed by atoms with Gasteiger partial charge in [-0.2, -0.15) is 0 Å². The summed E-state index contributed by atoms with van der Waals surface area (Å²) in [5.41, 5.74) is 6.87. The summed E-state index contributed by atoms with van der Waals surface area (Å²) in [6.45, 7) is 0. The van der Waals surface area contributed by atoms with Gasteiger partial charge >= 0.3 is 0 Å². The highest BCUT2D eigenvalue weighted by Crippen LogP contribution is 2.45. The lowest BCUT2D eigenvalue weighted by atomic mass is 9.95. The Labute approximate surface area is 417 Å². The van der Waals surface area contributed by atoms with Gasteiger partial charge in [0.1, 0.15) is 0 Å². The van der Waals surface area contributed by atoms with E-state index in [0.29, 0.717) is 16.2 Å². The number of fused-ring (bicyclic) bond motifs is 6. The lowest BCUT2D eigenvalue weighted by molar-refractivity contribution is 1.18. The van der Waals surface area contributed by atoms with Crippen molar-refractivity contribution < 1.29 is 13.7 Å². The van der Waals surface area contributed by atoms with Crippen LogP contribution in [0.2, 0.25) is 0 Å². The molecule has 3 heteroatoms. The molecule has 69 heavy (non-hydrogen) atoms. The monoisotopic (exact) mass is 904 g/mol. The summed E-state index contributed by atoms with van der Waals surface area (Å²) in [7, 11) is -3.62. The fraction of sp³-hybridized carbons (Fsp3) is 0. The van der Waals surface area contributed by atoms with Crippen LogP contribution in [0.3, 0.4) is 0 Å². The van der Waals surface area contributed by atoms with Crippen molar-refractivity contribution in [2.45, 2.75) is 0 Å². The third-order valence-electron chi connectivity index (χ3n) is 13.6. The summed E-state index contributed by atoms with van der Waals surface area (Å²) in [6.07, 6.45) is 0. The van der Waals surface area contributed by atoms with Crippen molar-refractivity contribution in [1.82, 2.24) is 9.13 Å². The molecule has 11 aromatic carbocycles. The maximum Gasteiger partial charge on any atom is 0.179 e. The minimum Gasteiger partial charge on any atom is -0.309 e. The second-order valence-electron chi connectivity index (χ2n) is 17.2. The van der Waals surface area contributed by atoms with E-state index in [-0.39, 0.29) is 27.9 Å². The lowest BCUT2D eigenvalue weighted by Crippen LogP contribution is -2.74. The zero-order valence-corrected chi connectivity index (χ0v) is 38.2. The van der Waals surface area contributed by atoms with Crippen LogP contribution in [0.15, 0.2) is 279 Å². The third kappa shape index (κ3) is 6.54. The number of nitrogens with zero attached hydrogens (tertiary/aromatic N) is 2. The van der Waals surface area contributed by atoms with Crippen molar-refractivity contribution in [2.24, 2.45) is 0 Å². The molecule has 13 rings (SSSR count). The molecule has 0 saturated carbocycles. The average Bonchev–Trinajstić information content (AvgIpc) is 4.27. The molecule has 0 unspecified atom stereocenters. The van der Waals surface area contributed by atoms with E-state index in [0.717, 1.165) is 65.0 Å². The first-order valence-electron chi connectivity index (χ1n) is 28.0. The Morgan fingerprint density at radius 2 is 0.768 bits per heavy atom. The van der Waals surface area contributed by atoms with Crippen LogP contribution in [-0.2, 0) is 0 Å². The summed E-state index contributed by atoms with van der Waals surface area (Å²) in [6, 6.07) is 68.2. The second-order valence-corrected chi connectivity index (χ2v) is 21.0. The first kappa shape index (κ1) is 31.3. The smallest absolute Gasteiger partial charge is 0.179 e. The van der Waals surface area contributed by atoms with Gasteiger partial charge in [0.2, 0.25) is 0 Å². The van der Waals surface area contributed by atoms with Crippen LogP contribution >= 0.6 is 0 Å². The van der Waals surface area contributed by atoms with Crippen molar-refractivity contribution in [3.63, 3.8) is 0 Å². The summed E-state index contributed by atoms with van der Waals surface area (Å²) in [4.78, 5) is 0.